The minimum absolute atomic E-state index is 0.194. The Kier molecular flexibility index (Phi) is 6.25. The number of nitrogens with zero attached hydrogens (tertiary/aromatic N) is 1. The van der Waals surface area contributed by atoms with Crippen molar-refractivity contribution in [3.63, 3.8) is 0 Å². The number of aliphatic carboxylic acids is 1. The molecule has 0 amide bonds. The van der Waals surface area contributed by atoms with Gasteiger partial charge in [-0.3, -0.25) is 9.10 Å². The molecule has 0 aliphatic rings. The summed E-state index contributed by atoms with van der Waals surface area (Å²) in [6.07, 6.45) is 0.287. The van der Waals surface area contributed by atoms with Crippen molar-refractivity contribution in [2.45, 2.75) is 6.42 Å². The monoisotopic (exact) mass is 321 g/mol. The maximum absolute atomic E-state index is 12.2. The number of halogens is 1. The van der Waals surface area contributed by atoms with E-state index in [2.05, 4.69) is 0 Å². The van der Waals surface area contributed by atoms with Crippen LogP contribution in [0.5, 0.6) is 0 Å². The van der Waals surface area contributed by atoms with Gasteiger partial charge >= 0.3 is 5.97 Å². The van der Waals surface area contributed by atoms with E-state index in [0.717, 1.165) is 4.31 Å². The maximum Gasteiger partial charge on any atom is 0.324 e. The summed E-state index contributed by atoms with van der Waals surface area (Å²) in [6.45, 7) is -0.356. The number of rotatable bonds is 8. The third kappa shape index (κ3) is 4.99. The molecular formula is C12H16ClNO5S. The summed E-state index contributed by atoms with van der Waals surface area (Å²) in [7, 11) is -2.27. The highest BCUT2D eigenvalue weighted by Crippen LogP contribution is 2.22. The quantitative estimate of drug-likeness (QED) is 0.735. The van der Waals surface area contributed by atoms with Gasteiger partial charge in [-0.2, -0.15) is 0 Å². The number of anilines is 1. The summed E-state index contributed by atoms with van der Waals surface area (Å²) < 4.78 is 30.1. The number of carboxylic acids is 1. The van der Waals surface area contributed by atoms with Crippen molar-refractivity contribution in [3.8, 4) is 0 Å². The molecule has 8 heteroatoms. The predicted molar refractivity (Wildman–Crippen MR) is 76.7 cm³/mol. The molecule has 0 saturated carbocycles. The molecule has 0 aliphatic heterocycles. The summed E-state index contributed by atoms with van der Waals surface area (Å²) in [6, 6.07) is 6.07. The van der Waals surface area contributed by atoms with Gasteiger partial charge in [0.25, 0.3) is 0 Å². The Bertz CT molecular complexity index is 561. The van der Waals surface area contributed by atoms with Crippen molar-refractivity contribution < 1.29 is 23.1 Å². The van der Waals surface area contributed by atoms with Crippen LogP contribution in [0.3, 0.4) is 0 Å². The molecule has 0 aliphatic carbocycles. The zero-order chi connectivity index (χ0) is 15.2. The molecule has 0 fully saturated rings. The van der Waals surface area contributed by atoms with Gasteiger partial charge in [0.05, 0.1) is 11.4 Å². The van der Waals surface area contributed by atoms with Gasteiger partial charge in [0.2, 0.25) is 10.0 Å². The second-order valence-corrected chi connectivity index (χ2v) is 6.49. The first-order valence-electron chi connectivity index (χ1n) is 5.83. The van der Waals surface area contributed by atoms with Crippen molar-refractivity contribution in [2.24, 2.45) is 0 Å². The molecule has 20 heavy (non-hydrogen) atoms. The van der Waals surface area contributed by atoms with Crippen molar-refractivity contribution >= 4 is 33.3 Å². The van der Waals surface area contributed by atoms with E-state index in [1.54, 1.807) is 12.1 Å². The van der Waals surface area contributed by atoms with Crippen LogP contribution in [0, 0.1) is 0 Å². The number of hydrogen-bond acceptors (Lipinski definition) is 4. The van der Waals surface area contributed by atoms with Gasteiger partial charge in [-0.25, -0.2) is 8.42 Å². The van der Waals surface area contributed by atoms with Crippen LogP contribution in [0.15, 0.2) is 24.3 Å². The first-order chi connectivity index (χ1) is 9.36. The Morgan fingerprint density at radius 2 is 2.15 bits per heavy atom. The molecule has 1 aromatic carbocycles. The van der Waals surface area contributed by atoms with E-state index < -0.39 is 22.5 Å². The zero-order valence-electron chi connectivity index (χ0n) is 11.0. The Hall–Kier alpha value is -1.31. The zero-order valence-corrected chi connectivity index (χ0v) is 12.5. The molecule has 1 rings (SSSR count). The topological polar surface area (TPSA) is 83.9 Å². The van der Waals surface area contributed by atoms with Gasteiger partial charge in [0, 0.05) is 18.7 Å². The lowest BCUT2D eigenvalue weighted by Gasteiger charge is -2.22. The fraction of sp³-hybridized carbons (Fsp3) is 0.417. The number of methoxy groups -OCH3 is 1. The fourth-order valence-electron chi connectivity index (χ4n) is 1.60. The van der Waals surface area contributed by atoms with Crippen LogP contribution in [-0.4, -0.2) is 45.5 Å². The minimum Gasteiger partial charge on any atom is -0.480 e. The summed E-state index contributed by atoms with van der Waals surface area (Å²) in [5.41, 5.74) is 0.234. The second kappa shape index (κ2) is 7.47. The first kappa shape index (κ1) is 16.7. The molecule has 6 nitrogen and oxygen atoms in total. The van der Waals surface area contributed by atoms with Gasteiger partial charge in [0.15, 0.2) is 0 Å². The van der Waals surface area contributed by atoms with E-state index in [-0.39, 0.29) is 24.5 Å². The van der Waals surface area contributed by atoms with Crippen LogP contribution in [0.4, 0.5) is 5.69 Å². The summed E-state index contributed by atoms with van der Waals surface area (Å²) >= 11 is 5.81. The Morgan fingerprint density at radius 1 is 1.45 bits per heavy atom. The SMILES string of the molecule is COCCCS(=O)(=O)N(CC(=O)O)c1cccc(Cl)c1. The van der Waals surface area contributed by atoms with Gasteiger partial charge in [-0.05, 0) is 24.6 Å². The van der Waals surface area contributed by atoms with E-state index in [9.17, 15) is 13.2 Å². The molecule has 0 saturated heterocycles. The lowest BCUT2D eigenvalue weighted by Crippen LogP contribution is -2.37. The van der Waals surface area contributed by atoms with Crippen LogP contribution in [-0.2, 0) is 19.6 Å². The molecule has 112 valence electrons. The molecule has 1 N–H and O–H groups in total. The molecule has 0 heterocycles. The third-order valence-corrected chi connectivity index (χ3v) is 4.51. The minimum atomic E-state index is -3.75. The molecule has 0 unspecified atom stereocenters. The maximum atomic E-state index is 12.2. The Morgan fingerprint density at radius 3 is 2.70 bits per heavy atom. The summed E-state index contributed by atoms with van der Waals surface area (Å²) in [4.78, 5) is 10.9. The fourth-order valence-corrected chi connectivity index (χ4v) is 3.23. The number of sulfonamides is 1. The van der Waals surface area contributed by atoms with Gasteiger partial charge in [-0.1, -0.05) is 17.7 Å². The van der Waals surface area contributed by atoms with Crippen LogP contribution < -0.4 is 4.31 Å². The summed E-state index contributed by atoms with van der Waals surface area (Å²) in [5, 5.41) is 9.22. The van der Waals surface area contributed by atoms with Crippen LogP contribution in [0.25, 0.3) is 0 Å². The number of ether oxygens (including phenoxy) is 1. The lowest BCUT2D eigenvalue weighted by atomic mass is 10.3. The Balaban J connectivity index is 3.02. The van der Waals surface area contributed by atoms with Crippen LogP contribution >= 0.6 is 11.6 Å². The number of hydrogen-bond donors (Lipinski definition) is 1. The van der Waals surface area contributed by atoms with Gasteiger partial charge < -0.3 is 9.84 Å². The van der Waals surface area contributed by atoms with Crippen LogP contribution in [0.1, 0.15) is 6.42 Å². The van der Waals surface area contributed by atoms with Gasteiger partial charge in [0.1, 0.15) is 6.54 Å². The smallest absolute Gasteiger partial charge is 0.324 e. The van der Waals surface area contributed by atoms with Crippen molar-refractivity contribution in [3.05, 3.63) is 29.3 Å². The second-order valence-electron chi connectivity index (χ2n) is 4.04. The average Bonchev–Trinajstić information content (AvgIpc) is 2.35. The van der Waals surface area contributed by atoms with E-state index in [0.29, 0.717) is 5.02 Å². The highest BCUT2D eigenvalue weighted by atomic mass is 35.5. The predicted octanol–water partition coefficient (Wildman–Crippen LogP) is 1.60. The highest BCUT2D eigenvalue weighted by Gasteiger charge is 2.24. The average molecular weight is 322 g/mol. The normalized spacial score (nSPS) is 11.3. The van der Waals surface area contributed by atoms with Crippen molar-refractivity contribution in [1.82, 2.24) is 0 Å². The lowest BCUT2D eigenvalue weighted by molar-refractivity contribution is -0.135. The largest absolute Gasteiger partial charge is 0.480 e. The molecule has 1 aromatic rings. The molecule has 0 aromatic heterocycles. The van der Waals surface area contributed by atoms with Crippen LogP contribution in [0.2, 0.25) is 5.02 Å². The summed E-state index contributed by atoms with van der Waals surface area (Å²) in [5.74, 6) is -1.43. The van der Waals surface area contributed by atoms with E-state index in [1.807, 2.05) is 0 Å². The van der Waals surface area contributed by atoms with E-state index in [1.165, 1.54) is 19.2 Å². The van der Waals surface area contributed by atoms with Crippen molar-refractivity contribution in [2.75, 3.05) is 30.3 Å². The Labute approximate surface area is 123 Å². The molecular weight excluding hydrogens is 306 g/mol. The molecule has 0 bridgehead atoms. The standard InChI is InChI=1S/C12H16ClNO5S/c1-19-6-3-7-20(17,18)14(9-12(15)16)11-5-2-4-10(13)8-11/h2,4-5,8H,3,6-7,9H2,1H3,(H,15,16). The number of carboxylic acid groups (broad SMARTS) is 1. The molecule has 0 radical (unpaired) electrons. The number of carbonyl (C=O) groups is 1. The molecule has 0 atom stereocenters. The van der Waals surface area contributed by atoms with Gasteiger partial charge in [-0.15, -0.1) is 0 Å². The van der Waals surface area contributed by atoms with Crippen molar-refractivity contribution in [1.29, 1.82) is 0 Å². The first-order valence-corrected chi connectivity index (χ1v) is 7.82. The third-order valence-electron chi connectivity index (χ3n) is 2.46. The molecule has 0 spiro atoms. The highest BCUT2D eigenvalue weighted by molar-refractivity contribution is 7.92. The van der Waals surface area contributed by atoms with E-state index >= 15 is 0 Å². The number of benzene rings is 1. The van der Waals surface area contributed by atoms with E-state index in [4.69, 9.17) is 21.4 Å².